The van der Waals surface area contributed by atoms with Gasteiger partial charge in [0.25, 0.3) is 0 Å². The summed E-state index contributed by atoms with van der Waals surface area (Å²) in [7, 11) is 0. The van der Waals surface area contributed by atoms with Crippen LogP contribution in [0, 0.1) is 19.7 Å². The highest BCUT2D eigenvalue weighted by atomic mass is 19.1. The van der Waals surface area contributed by atoms with Crippen LogP contribution in [-0.4, -0.2) is 25.6 Å². The van der Waals surface area contributed by atoms with E-state index in [9.17, 15) is 9.18 Å². The number of para-hydroxylation sites is 1. The number of ether oxygens (including phenoxy) is 1. The molecule has 1 aliphatic heterocycles. The van der Waals surface area contributed by atoms with E-state index in [1.807, 2.05) is 38.1 Å². The highest BCUT2D eigenvalue weighted by Gasteiger charge is 2.19. The molecule has 0 saturated carbocycles. The van der Waals surface area contributed by atoms with Gasteiger partial charge in [-0.05, 0) is 50.5 Å². The Morgan fingerprint density at radius 2 is 1.96 bits per heavy atom. The lowest BCUT2D eigenvalue weighted by molar-refractivity contribution is -0.116. The minimum absolute atomic E-state index is 0.168. The van der Waals surface area contributed by atoms with Crippen molar-refractivity contribution in [1.29, 1.82) is 0 Å². The van der Waals surface area contributed by atoms with Gasteiger partial charge >= 0.3 is 0 Å². The third-order valence-corrected chi connectivity index (χ3v) is 4.62. The van der Waals surface area contributed by atoms with Crippen molar-refractivity contribution < 1.29 is 13.9 Å². The van der Waals surface area contributed by atoms with E-state index in [-0.39, 0.29) is 24.6 Å². The molecule has 0 aliphatic carbocycles. The number of benzene rings is 2. The maximum atomic E-state index is 14.3. The third kappa shape index (κ3) is 4.34. The van der Waals surface area contributed by atoms with Crippen LogP contribution in [0.2, 0.25) is 0 Å². The summed E-state index contributed by atoms with van der Waals surface area (Å²) in [6.07, 6.45) is 2.35. The Balaban J connectivity index is 1.60. The van der Waals surface area contributed by atoms with Crippen LogP contribution in [0.4, 0.5) is 15.8 Å². The number of carbonyl (C=O) groups is 1. The molecule has 0 unspecified atom stereocenters. The van der Waals surface area contributed by atoms with E-state index < -0.39 is 5.82 Å². The maximum Gasteiger partial charge on any atom is 0.227 e. The van der Waals surface area contributed by atoms with E-state index in [0.717, 1.165) is 42.9 Å². The quantitative estimate of drug-likeness (QED) is 0.831. The number of hydrogen-bond donors (Lipinski definition) is 1. The molecule has 1 saturated heterocycles. The Labute approximate surface area is 154 Å². The van der Waals surface area contributed by atoms with Gasteiger partial charge in [0.2, 0.25) is 5.91 Å². The number of carbonyl (C=O) groups excluding carboxylic acids is 1. The van der Waals surface area contributed by atoms with E-state index in [1.165, 1.54) is 11.6 Å². The summed E-state index contributed by atoms with van der Waals surface area (Å²) in [5, 5.41) is 2.73. The fourth-order valence-electron chi connectivity index (χ4n) is 3.27. The van der Waals surface area contributed by atoms with Crippen molar-refractivity contribution in [2.24, 2.45) is 0 Å². The van der Waals surface area contributed by atoms with Crippen LogP contribution < -0.4 is 15.0 Å². The van der Waals surface area contributed by atoms with Crippen molar-refractivity contribution in [3.63, 3.8) is 0 Å². The predicted octanol–water partition coefficient (Wildman–Crippen LogP) is 4.45. The van der Waals surface area contributed by atoms with E-state index in [0.29, 0.717) is 0 Å². The molecule has 1 N–H and O–H groups in total. The van der Waals surface area contributed by atoms with Crippen LogP contribution in [0.1, 0.15) is 30.4 Å². The standard InChI is InChI=1S/C21H25FN2O2/c1-15-8-9-19(16(2)14-15)26-13-10-20(25)23-21-17(22)6-5-7-18(21)24-11-3-4-12-24/h5-9,14H,3-4,10-13H2,1-2H3,(H,23,25). The molecule has 4 nitrogen and oxygen atoms in total. The van der Waals surface area contributed by atoms with Gasteiger partial charge in [0.1, 0.15) is 17.3 Å². The van der Waals surface area contributed by atoms with Crippen molar-refractivity contribution in [1.82, 2.24) is 0 Å². The zero-order chi connectivity index (χ0) is 18.5. The monoisotopic (exact) mass is 356 g/mol. The largest absolute Gasteiger partial charge is 0.493 e. The molecule has 1 heterocycles. The molecule has 26 heavy (non-hydrogen) atoms. The van der Waals surface area contributed by atoms with Gasteiger partial charge in [-0.25, -0.2) is 4.39 Å². The second-order valence-corrected chi connectivity index (χ2v) is 6.74. The summed E-state index contributed by atoms with van der Waals surface area (Å²) in [5.74, 6) is 0.116. The number of anilines is 2. The van der Waals surface area contributed by atoms with Gasteiger partial charge in [-0.2, -0.15) is 0 Å². The molecule has 2 aromatic carbocycles. The second kappa shape index (κ2) is 8.21. The molecule has 2 aromatic rings. The number of rotatable bonds is 6. The fourth-order valence-corrected chi connectivity index (χ4v) is 3.27. The zero-order valence-corrected chi connectivity index (χ0v) is 15.3. The summed E-state index contributed by atoms with van der Waals surface area (Å²) >= 11 is 0. The summed E-state index contributed by atoms with van der Waals surface area (Å²) < 4.78 is 20.0. The maximum absolute atomic E-state index is 14.3. The third-order valence-electron chi connectivity index (χ3n) is 4.62. The van der Waals surface area contributed by atoms with E-state index in [4.69, 9.17) is 4.74 Å². The Kier molecular flexibility index (Phi) is 5.76. The second-order valence-electron chi connectivity index (χ2n) is 6.74. The van der Waals surface area contributed by atoms with Gasteiger partial charge in [-0.1, -0.05) is 23.8 Å². The molecule has 138 valence electrons. The van der Waals surface area contributed by atoms with Crippen LogP contribution >= 0.6 is 0 Å². The minimum Gasteiger partial charge on any atom is -0.493 e. The van der Waals surface area contributed by atoms with E-state index in [1.54, 1.807) is 6.07 Å². The number of nitrogens with one attached hydrogen (secondary N) is 1. The smallest absolute Gasteiger partial charge is 0.227 e. The summed E-state index contributed by atoms with van der Waals surface area (Å²) in [4.78, 5) is 14.4. The van der Waals surface area contributed by atoms with Crippen molar-refractivity contribution in [2.45, 2.75) is 33.1 Å². The highest BCUT2D eigenvalue weighted by Crippen LogP contribution is 2.31. The Hall–Kier alpha value is -2.56. The number of nitrogens with zero attached hydrogens (tertiary/aromatic N) is 1. The van der Waals surface area contributed by atoms with Crippen molar-refractivity contribution in [3.8, 4) is 5.75 Å². The topological polar surface area (TPSA) is 41.6 Å². The van der Waals surface area contributed by atoms with Gasteiger partial charge in [-0.15, -0.1) is 0 Å². The predicted molar refractivity (Wildman–Crippen MR) is 103 cm³/mol. The molecule has 0 spiro atoms. The normalized spacial score (nSPS) is 13.7. The molecule has 1 aliphatic rings. The molecule has 1 fully saturated rings. The Bertz CT molecular complexity index is 786. The van der Waals surface area contributed by atoms with Crippen LogP contribution in [0.3, 0.4) is 0 Å². The molecule has 5 heteroatoms. The van der Waals surface area contributed by atoms with Crippen LogP contribution in [0.5, 0.6) is 5.75 Å². The number of aryl methyl sites for hydroxylation is 2. The SMILES string of the molecule is Cc1ccc(OCCC(=O)Nc2c(F)cccc2N2CCCC2)c(C)c1. The van der Waals surface area contributed by atoms with Crippen LogP contribution in [0.15, 0.2) is 36.4 Å². The molecular formula is C21H25FN2O2. The highest BCUT2D eigenvalue weighted by molar-refractivity contribution is 5.94. The first kappa shape index (κ1) is 18.2. The Morgan fingerprint density at radius 1 is 1.19 bits per heavy atom. The van der Waals surface area contributed by atoms with Gasteiger partial charge < -0.3 is 15.0 Å². The Morgan fingerprint density at radius 3 is 2.69 bits per heavy atom. The average Bonchev–Trinajstić information content (AvgIpc) is 3.13. The lowest BCUT2D eigenvalue weighted by atomic mass is 10.1. The number of amides is 1. The zero-order valence-electron chi connectivity index (χ0n) is 15.3. The number of hydrogen-bond acceptors (Lipinski definition) is 3. The molecule has 3 rings (SSSR count). The first-order chi connectivity index (χ1) is 12.5. The van der Waals surface area contributed by atoms with Crippen molar-refractivity contribution in [3.05, 3.63) is 53.3 Å². The lowest BCUT2D eigenvalue weighted by Crippen LogP contribution is -2.22. The molecular weight excluding hydrogens is 331 g/mol. The van der Waals surface area contributed by atoms with E-state index >= 15 is 0 Å². The van der Waals surface area contributed by atoms with Crippen LogP contribution in [-0.2, 0) is 4.79 Å². The first-order valence-electron chi connectivity index (χ1n) is 9.08. The van der Waals surface area contributed by atoms with Gasteiger partial charge in [-0.3, -0.25) is 4.79 Å². The molecule has 0 atom stereocenters. The first-order valence-corrected chi connectivity index (χ1v) is 9.08. The number of halogens is 1. The van der Waals surface area contributed by atoms with Gasteiger partial charge in [0, 0.05) is 13.1 Å². The molecule has 0 bridgehead atoms. The fraction of sp³-hybridized carbons (Fsp3) is 0.381. The molecule has 0 radical (unpaired) electrons. The van der Waals surface area contributed by atoms with Crippen molar-refractivity contribution in [2.75, 3.05) is 29.9 Å². The average molecular weight is 356 g/mol. The van der Waals surface area contributed by atoms with Crippen molar-refractivity contribution >= 4 is 17.3 Å². The van der Waals surface area contributed by atoms with Crippen LogP contribution in [0.25, 0.3) is 0 Å². The summed E-state index contributed by atoms with van der Waals surface area (Å²) in [6, 6.07) is 10.8. The summed E-state index contributed by atoms with van der Waals surface area (Å²) in [5.41, 5.74) is 3.23. The molecule has 1 amide bonds. The van der Waals surface area contributed by atoms with Gasteiger partial charge in [0.15, 0.2) is 0 Å². The summed E-state index contributed by atoms with van der Waals surface area (Å²) in [6.45, 7) is 6.04. The minimum atomic E-state index is -0.405. The molecule has 0 aromatic heterocycles. The lowest BCUT2D eigenvalue weighted by Gasteiger charge is -2.22. The van der Waals surface area contributed by atoms with Gasteiger partial charge in [0.05, 0.1) is 18.7 Å². The van der Waals surface area contributed by atoms with E-state index in [2.05, 4.69) is 10.2 Å².